The Labute approximate surface area is 54.2 Å². The standard InChI is InChI=1S/C5H10N4/c1-6-2-9-4-7-3-8(1)5-9/h1,7H,2-5H2. The fourth-order valence-electron chi connectivity index (χ4n) is 1.15. The maximum Gasteiger partial charge on any atom is 0.0951 e. The molecule has 2 aliphatic heterocycles. The van der Waals surface area contributed by atoms with E-state index in [-0.39, 0.29) is 0 Å². The lowest BCUT2D eigenvalue weighted by atomic mass is 10.5. The van der Waals surface area contributed by atoms with Gasteiger partial charge in [-0.2, -0.15) is 0 Å². The number of rotatable bonds is 0. The Kier molecular flexibility index (Phi) is 1.13. The number of aliphatic imine (C=N–C) groups is 1. The monoisotopic (exact) mass is 126 g/mol. The highest BCUT2D eigenvalue weighted by atomic mass is 15.5. The number of nitrogens with one attached hydrogen (secondary N) is 1. The van der Waals surface area contributed by atoms with Crippen LogP contribution in [-0.2, 0) is 0 Å². The second-order valence-corrected chi connectivity index (χ2v) is 2.41. The van der Waals surface area contributed by atoms with E-state index in [2.05, 4.69) is 20.1 Å². The SMILES string of the molecule is C1=NCN2CNCN1C2. The molecule has 1 atom stereocenters. The van der Waals surface area contributed by atoms with E-state index in [1.807, 2.05) is 6.34 Å². The van der Waals surface area contributed by atoms with E-state index in [0.717, 1.165) is 26.7 Å². The van der Waals surface area contributed by atoms with Crippen molar-refractivity contribution >= 4 is 6.34 Å². The molecule has 9 heavy (non-hydrogen) atoms. The van der Waals surface area contributed by atoms with E-state index in [4.69, 9.17) is 0 Å². The molecule has 0 radical (unpaired) electrons. The summed E-state index contributed by atoms with van der Waals surface area (Å²) >= 11 is 0. The molecular formula is C5H10N4. The highest BCUT2D eigenvalue weighted by molar-refractivity contribution is 5.55. The molecule has 50 valence electrons. The van der Waals surface area contributed by atoms with Crippen LogP contribution in [0.15, 0.2) is 4.99 Å². The van der Waals surface area contributed by atoms with E-state index in [0.29, 0.717) is 0 Å². The molecule has 0 saturated carbocycles. The molecule has 2 bridgehead atoms. The van der Waals surface area contributed by atoms with Crippen molar-refractivity contribution in [2.45, 2.75) is 0 Å². The summed E-state index contributed by atoms with van der Waals surface area (Å²) in [7, 11) is 0. The summed E-state index contributed by atoms with van der Waals surface area (Å²) in [6.45, 7) is 3.81. The van der Waals surface area contributed by atoms with Gasteiger partial charge in [-0.1, -0.05) is 0 Å². The molecule has 0 aliphatic carbocycles. The van der Waals surface area contributed by atoms with Gasteiger partial charge in [-0.15, -0.1) is 0 Å². The Hall–Kier alpha value is -0.610. The summed E-state index contributed by atoms with van der Waals surface area (Å²) in [4.78, 5) is 8.53. The van der Waals surface area contributed by atoms with Gasteiger partial charge >= 0.3 is 0 Å². The van der Waals surface area contributed by atoms with Gasteiger partial charge in [0.05, 0.1) is 33.0 Å². The predicted molar refractivity (Wildman–Crippen MR) is 34.8 cm³/mol. The molecule has 2 rings (SSSR count). The molecule has 0 amide bonds. The largest absolute Gasteiger partial charge is 0.337 e. The van der Waals surface area contributed by atoms with Gasteiger partial charge in [0.25, 0.3) is 0 Å². The lowest BCUT2D eigenvalue weighted by Crippen LogP contribution is -2.54. The van der Waals surface area contributed by atoms with Crippen LogP contribution in [0.25, 0.3) is 0 Å². The molecule has 0 aromatic rings. The molecule has 4 heteroatoms. The molecule has 1 unspecified atom stereocenters. The van der Waals surface area contributed by atoms with Crippen molar-refractivity contribution in [2.24, 2.45) is 4.99 Å². The molecule has 4 nitrogen and oxygen atoms in total. The topological polar surface area (TPSA) is 30.9 Å². The molecule has 0 aromatic heterocycles. The quantitative estimate of drug-likeness (QED) is 0.454. The van der Waals surface area contributed by atoms with Crippen molar-refractivity contribution in [2.75, 3.05) is 26.7 Å². The summed E-state index contributed by atoms with van der Waals surface area (Å²) in [6, 6.07) is 0. The zero-order valence-corrected chi connectivity index (χ0v) is 5.25. The fourth-order valence-corrected chi connectivity index (χ4v) is 1.15. The van der Waals surface area contributed by atoms with Crippen molar-refractivity contribution in [1.29, 1.82) is 0 Å². The first-order valence-electron chi connectivity index (χ1n) is 3.12. The minimum absolute atomic E-state index is 0.851. The highest BCUT2D eigenvalue weighted by Crippen LogP contribution is 2.00. The molecule has 1 saturated heterocycles. The van der Waals surface area contributed by atoms with Crippen LogP contribution >= 0.6 is 0 Å². The van der Waals surface area contributed by atoms with Crippen molar-refractivity contribution in [3.05, 3.63) is 0 Å². The predicted octanol–water partition coefficient (Wildman–Crippen LogP) is -0.934. The van der Waals surface area contributed by atoms with Crippen molar-refractivity contribution < 1.29 is 0 Å². The minimum atomic E-state index is 0.851. The lowest BCUT2D eigenvalue weighted by molar-refractivity contribution is 0.109. The maximum atomic E-state index is 4.15. The van der Waals surface area contributed by atoms with E-state index >= 15 is 0 Å². The number of hydrogen-bond acceptors (Lipinski definition) is 4. The van der Waals surface area contributed by atoms with Gasteiger partial charge in [-0.3, -0.25) is 15.2 Å². The normalized spacial score (nSPS) is 32.9. The zero-order valence-electron chi connectivity index (χ0n) is 5.25. The first-order valence-corrected chi connectivity index (χ1v) is 3.12. The Bertz CT molecular complexity index is 133. The van der Waals surface area contributed by atoms with Gasteiger partial charge in [0, 0.05) is 0 Å². The molecule has 2 heterocycles. The second-order valence-electron chi connectivity index (χ2n) is 2.41. The van der Waals surface area contributed by atoms with Crippen LogP contribution < -0.4 is 5.32 Å². The third-order valence-corrected chi connectivity index (χ3v) is 1.56. The average Bonchev–Trinajstić information content (AvgIpc) is 1.88. The van der Waals surface area contributed by atoms with Crippen LogP contribution in [0.4, 0.5) is 0 Å². The summed E-state index contributed by atoms with van der Waals surface area (Å²) in [5.74, 6) is 0. The summed E-state index contributed by atoms with van der Waals surface area (Å²) in [6.07, 6.45) is 1.91. The molecule has 1 fully saturated rings. The van der Waals surface area contributed by atoms with E-state index in [1.54, 1.807) is 0 Å². The van der Waals surface area contributed by atoms with E-state index < -0.39 is 0 Å². The molecule has 0 aromatic carbocycles. The Morgan fingerprint density at radius 2 is 2.44 bits per heavy atom. The van der Waals surface area contributed by atoms with Crippen LogP contribution in [0.2, 0.25) is 0 Å². The van der Waals surface area contributed by atoms with Crippen molar-refractivity contribution in [1.82, 2.24) is 15.1 Å². The van der Waals surface area contributed by atoms with Crippen LogP contribution in [0.5, 0.6) is 0 Å². The first kappa shape index (κ1) is 5.20. The Morgan fingerprint density at radius 3 is 3.22 bits per heavy atom. The van der Waals surface area contributed by atoms with E-state index in [1.165, 1.54) is 0 Å². The van der Waals surface area contributed by atoms with Gasteiger partial charge in [0.2, 0.25) is 0 Å². The van der Waals surface area contributed by atoms with Crippen LogP contribution in [-0.4, -0.2) is 42.8 Å². The third kappa shape index (κ3) is 0.906. The van der Waals surface area contributed by atoms with Gasteiger partial charge in [0.15, 0.2) is 0 Å². The fraction of sp³-hybridized carbons (Fsp3) is 0.800. The van der Waals surface area contributed by atoms with Crippen LogP contribution in [0, 0.1) is 0 Å². The van der Waals surface area contributed by atoms with Gasteiger partial charge in [-0.25, -0.2) is 0 Å². The molecule has 0 spiro atoms. The third-order valence-electron chi connectivity index (χ3n) is 1.56. The van der Waals surface area contributed by atoms with Crippen LogP contribution in [0.1, 0.15) is 0 Å². The maximum absolute atomic E-state index is 4.15. The molecule has 1 N–H and O–H groups in total. The molecule has 2 aliphatic rings. The second kappa shape index (κ2) is 1.97. The van der Waals surface area contributed by atoms with Crippen molar-refractivity contribution in [3.8, 4) is 0 Å². The van der Waals surface area contributed by atoms with Gasteiger partial charge < -0.3 is 4.90 Å². The number of fused-ring (bicyclic) bond motifs is 2. The summed E-state index contributed by atoms with van der Waals surface area (Å²) < 4.78 is 0. The smallest absolute Gasteiger partial charge is 0.0951 e. The van der Waals surface area contributed by atoms with E-state index in [9.17, 15) is 0 Å². The lowest BCUT2D eigenvalue weighted by Gasteiger charge is -2.36. The van der Waals surface area contributed by atoms with Crippen LogP contribution in [0.3, 0.4) is 0 Å². The van der Waals surface area contributed by atoms with Gasteiger partial charge in [0.1, 0.15) is 0 Å². The number of nitrogens with zero attached hydrogens (tertiary/aromatic N) is 3. The highest BCUT2D eigenvalue weighted by Gasteiger charge is 2.16. The Morgan fingerprint density at radius 1 is 1.44 bits per heavy atom. The Balaban J connectivity index is 2.09. The minimum Gasteiger partial charge on any atom is -0.337 e. The average molecular weight is 126 g/mol. The molecular weight excluding hydrogens is 116 g/mol. The van der Waals surface area contributed by atoms with Gasteiger partial charge in [-0.05, 0) is 0 Å². The van der Waals surface area contributed by atoms with Crippen molar-refractivity contribution in [3.63, 3.8) is 0 Å². The number of hydrogen-bond donors (Lipinski definition) is 1. The summed E-state index contributed by atoms with van der Waals surface area (Å²) in [5.41, 5.74) is 0. The zero-order chi connectivity index (χ0) is 6.10. The summed E-state index contributed by atoms with van der Waals surface area (Å²) in [5, 5.41) is 3.25. The first-order chi connectivity index (χ1) is 4.45.